The number of aliphatic hydroxyl groups excluding tert-OH is 2. The van der Waals surface area contributed by atoms with Gasteiger partial charge in [0, 0.05) is 33.2 Å². The Labute approximate surface area is 178 Å². The molecule has 11 heteroatoms. The summed E-state index contributed by atoms with van der Waals surface area (Å²) in [7, 11) is 1.45. The van der Waals surface area contributed by atoms with Crippen molar-refractivity contribution < 1.29 is 37.7 Å². The van der Waals surface area contributed by atoms with Crippen molar-refractivity contribution in [3.8, 4) is 5.75 Å². The maximum atomic E-state index is 12.6. The summed E-state index contributed by atoms with van der Waals surface area (Å²) in [5.74, 6) is -1.83. The van der Waals surface area contributed by atoms with E-state index in [-0.39, 0.29) is 18.2 Å². The van der Waals surface area contributed by atoms with E-state index in [1.807, 2.05) is 0 Å². The van der Waals surface area contributed by atoms with Gasteiger partial charge in [-0.2, -0.15) is 0 Å². The van der Waals surface area contributed by atoms with Gasteiger partial charge >= 0.3 is 6.36 Å². The minimum atomic E-state index is -4.78. The molecular weight excluding hydrogens is 419 g/mol. The zero-order valence-electron chi connectivity index (χ0n) is 17.4. The SMILES string of the molecule is CCN(C)C(=O)C(O)C(O)C(=O)NCC1CCN(c2ccccc2OC(F)(F)F)CC1. The molecule has 0 spiro atoms. The number of alkyl halides is 3. The number of nitrogens with zero attached hydrogens (tertiary/aromatic N) is 2. The van der Waals surface area contributed by atoms with Crippen LogP contribution in [0.1, 0.15) is 19.8 Å². The molecule has 1 aromatic carbocycles. The number of piperidine rings is 1. The summed E-state index contributed by atoms with van der Waals surface area (Å²) in [6, 6.07) is 5.93. The molecular formula is C20H28F3N3O5. The summed E-state index contributed by atoms with van der Waals surface area (Å²) < 4.78 is 42.0. The lowest BCUT2D eigenvalue weighted by molar-refractivity contribution is -0.274. The molecule has 0 bridgehead atoms. The van der Waals surface area contributed by atoms with E-state index >= 15 is 0 Å². The number of carbonyl (C=O) groups excluding carboxylic acids is 2. The van der Waals surface area contributed by atoms with E-state index in [4.69, 9.17) is 0 Å². The van der Waals surface area contributed by atoms with Crippen LogP contribution in [0.3, 0.4) is 0 Å². The molecule has 8 nitrogen and oxygen atoms in total. The first-order valence-corrected chi connectivity index (χ1v) is 10.0. The van der Waals surface area contributed by atoms with Crippen molar-refractivity contribution in [3.05, 3.63) is 24.3 Å². The van der Waals surface area contributed by atoms with Gasteiger partial charge in [-0.15, -0.1) is 13.2 Å². The van der Waals surface area contributed by atoms with Gasteiger partial charge in [0.05, 0.1) is 5.69 Å². The highest BCUT2D eigenvalue weighted by Crippen LogP contribution is 2.34. The molecule has 1 aromatic rings. The van der Waals surface area contributed by atoms with Gasteiger partial charge < -0.3 is 30.1 Å². The number of hydrogen-bond donors (Lipinski definition) is 3. The van der Waals surface area contributed by atoms with Crippen LogP contribution in [-0.2, 0) is 9.59 Å². The van der Waals surface area contributed by atoms with E-state index in [1.54, 1.807) is 24.0 Å². The number of halogens is 3. The number of amides is 2. The molecule has 31 heavy (non-hydrogen) atoms. The van der Waals surface area contributed by atoms with Crippen LogP contribution in [-0.4, -0.2) is 78.7 Å². The van der Waals surface area contributed by atoms with E-state index in [2.05, 4.69) is 10.1 Å². The van der Waals surface area contributed by atoms with E-state index in [1.165, 1.54) is 24.1 Å². The molecule has 2 unspecified atom stereocenters. The van der Waals surface area contributed by atoms with Crippen LogP contribution in [0.15, 0.2) is 24.3 Å². The van der Waals surface area contributed by atoms with Crippen LogP contribution >= 0.6 is 0 Å². The highest BCUT2D eigenvalue weighted by molar-refractivity contribution is 5.90. The summed E-state index contributed by atoms with van der Waals surface area (Å²) in [5, 5.41) is 22.3. The van der Waals surface area contributed by atoms with Crippen molar-refractivity contribution >= 4 is 17.5 Å². The first-order valence-electron chi connectivity index (χ1n) is 10.0. The smallest absolute Gasteiger partial charge is 0.404 e. The molecule has 174 valence electrons. The Morgan fingerprint density at radius 3 is 2.42 bits per heavy atom. The van der Waals surface area contributed by atoms with E-state index in [0.29, 0.717) is 38.2 Å². The Kier molecular flexibility index (Phi) is 8.52. The van der Waals surface area contributed by atoms with Crippen molar-refractivity contribution in [2.24, 2.45) is 5.92 Å². The van der Waals surface area contributed by atoms with Gasteiger partial charge in [-0.25, -0.2) is 0 Å². The third kappa shape index (κ3) is 7.00. The number of anilines is 1. The van der Waals surface area contributed by atoms with Gasteiger partial charge in [0.2, 0.25) is 0 Å². The Morgan fingerprint density at radius 1 is 1.23 bits per heavy atom. The number of likely N-dealkylation sites (N-methyl/N-ethyl adjacent to an activating group) is 1. The number of hydrogen-bond acceptors (Lipinski definition) is 6. The fraction of sp³-hybridized carbons (Fsp3) is 0.600. The van der Waals surface area contributed by atoms with Gasteiger partial charge in [-0.05, 0) is 37.8 Å². The number of carbonyl (C=O) groups is 2. The lowest BCUT2D eigenvalue weighted by Crippen LogP contribution is -2.50. The molecule has 0 radical (unpaired) electrons. The summed E-state index contributed by atoms with van der Waals surface area (Å²) >= 11 is 0. The second-order valence-electron chi connectivity index (χ2n) is 7.43. The highest BCUT2D eigenvalue weighted by atomic mass is 19.4. The lowest BCUT2D eigenvalue weighted by Gasteiger charge is -2.34. The standard InChI is InChI=1S/C20H28F3N3O5/c1-3-25(2)19(30)17(28)16(27)18(29)24-12-13-8-10-26(11-9-13)14-6-4-5-7-15(14)31-20(21,22)23/h4-7,13,16-17,27-28H,3,8-12H2,1-2H3,(H,24,29). The minimum absolute atomic E-state index is 0.0363. The highest BCUT2D eigenvalue weighted by Gasteiger charge is 2.34. The molecule has 3 N–H and O–H groups in total. The predicted molar refractivity (Wildman–Crippen MR) is 106 cm³/mol. The maximum Gasteiger partial charge on any atom is 0.573 e. The van der Waals surface area contributed by atoms with Crippen LogP contribution in [0.4, 0.5) is 18.9 Å². The molecule has 1 heterocycles. The Hall–Kier alpha value is -2.53. The molecule has 0 saturated carbocycles. The van der Waals surface area contributed by atoms with Gasteiger partial charge in [0.1, 0.15) is 0 Å². The van der Waals surface area contributed by atoms with Crippen LogP contribution in [0.2, 0.25) is 0 Å². The molecule has 1 aliphatic heterocycles. The second-order valence-corrected chi connectivity index (χ2v) is 7.43. The summed E-state index contributed by atoms with van der Waals surface area (Å²) in [5.41, 5.74) is 0.347. The third-order valence-corrected chi connectivity index (χ3v) is 5.28. The topological polar surface area (TPSA) is 102 Å². The number of para-hydroxylation sites is 2. The van der Waals surface area contributed by atoms with Crippen molar-refractivity contribution in [2.75, 3.05) is 38.1 Å². The average molecular weight is 447 g/mol. The van der Waals surface area contributed by atoms with Gasteiger partial charge in [-0.1, -0.05) is 12.1 Å². The van der Waals surface area contributed by atoms with Crippen molar-refractivity contribution in [1.29, 1.82) is 0 Å². The monoisotopic (exact) mass is 447 g/mol. The summed E-state index contributed by atoms with van der Waals surface area (Å²) in [6.45, 7) is 3.15. The minimum Gasteiger partial charge on any atom is -0.404 e. The molecule has 1 aliphatic rings. The largest absolute Gasteiger partial charge is 0.573 e. The molecule has 2 rings (SSSR count). The zero-order chi connectivity index (χ0) is 23.2. The average Bonchev–Trinajstić information content (AvgIpc) is 2.75. The van der Waals surface area contributed by atoms with Crippen LogP contribution in [0.25, 0.3) is 0 Å². The lowest BCUT2D eigenvalue weighted by atomic mass is 9.96. The number of benzene rings is 1. The fourth-order valence-electron chi connectivity index (χ4n) is 3.32. The Balaban J connectivity index is 1.85. The number of ether oxygens (including phenoxy) is 1. The van der Waals surface area contributed by atoms with Crippen LogP contribution in [0, 0.1) is 5.92 Å². The van der Waals surface area contributed by atoms with Crippen molar-refractivity contribution in [3.63, 3.8) is 0 Å². The maximum absolute atomic E-state index is 12.6. The summed E-state index contributed by atoms with van der Waals surface area (Å²) in [6.07, 6.45) is -7.32. The molecule has 1 fully saturated rings. The zero-order valence-corrected chi connectivity index (χ0v) is 17.4. The second kappa shape index (κ2) is 10.7. The number of nitrogens with one attached hydrogen (secondary N) is 1. The van der Waals surface area contributed by atoms with E-state index in [9.17, 15) is 33.0 Å². The van der Waals surface area contributed by atoms with Crippen molar-refractivity contribution in [1.82, 2.24) is 10.2 Å². The molecule has 0 aromatic heterocycles. The normalized spacial score (nSPS) is 17.1. The number of aliphatic hydroxyl groups is 2. The fourth-order valence-corrected chi connectivity index (χ4v) is 3.32. The third-order valence-electron chi connectivity index (χ3n) is 5.28. The van der Waals surface area contributed by atoms with Gasteiger partial charge in [0.15, 0.2) is 18.0 Å². The predicted octanol–water partition coefficient (Wildman–Crippen LogP) is 1.12. The van der Waals surface area contributed by atoms with Crippen LogP contribution < -0.4 is 15.0 Å². The van der Waals surface area contributed by atoms with Gasteiger partial charge in [0.25, 0.3) is 11.8 Å². The quantitative estimate of drug-likeness (QED) is 0.552. The number of rotatable bonds is 8. The first-order chi connectivity index (χ1) is 14.5. The first kappa shape index (κ1) is 24.7. The van der Waals surface area contributed by atoms with Gasteiger partial charge in [-0.3, -0.25) is 9.59 Å². The van der Waals surface area contributed by atoms with E-state index in [0.717, 1.165) is 0 Å². The summed E-state index contributed by atoms with van der Waals surface area (Å²) in [4.78, 5) is 26.9. The Bertz CT molecular complexity index is 754. The van der Waals surface area contributed by atoms with Crippen molar-refractivity contribution in [2.45, 2.75) is 38.3 Å². The van der Waals surface area contributed by atoms with Crippen LogP contribution in [0.5, 0.6) is 5.75 Å². The molecule has 2 amide bonds. The molecule has 1 saturated heterocycles. The Morgan fingerprint density at radius 2 is 1.84 bits per heavy atom. The molecule has 0 aliphatic carbocycles. The van der Waals surface area contributed by atoms with E-state index < -0.39 is 30.4 Å². The molecule has 2 atom stereocenters.